The monoisotopic (exact) mass is 180 g/mol. The Hall–Kier alpha value is -0.900. The molecule has 1 heterocycles. The Morgan fingerprint density at radius 3 is 3.15 bits per heavy atom. The summed E-state index contributed by atoms with van der Waals surface area (Å²) in [5.41, 5.74) is 0. The molecular formula is C9H16N4. The molecule has 2 N–H and O–H groups in total. The van der Waals surface area contributed by atoms with E-state index in [1.165, 1.54) is 19.3 Å². The van der Waals surface area contributed by atoms with E-state index in [9.17, 15) is 0 Å². The molecule has 1 aliphatic carbocycles. The predicted octanol–water partition coefficient (Wildman–Crippen LogP) is 1.08. The van der Waals surface area contributed by atoms with E-state index in [2.05, 4.69) is 27.4 Å². The Kier molecular flexibility index (Phi) is 2.59. The summed E-state index contributed by atoms with van der Waals surface area (Å²) in [7, 11) is 0. The number of rotatable bonds is 5. The molecule has 0 radical (unpaired) electrons. The number of hydrogen-bond donors (Lipinski definition) is 2. The number of nitrogens with one attached hydrogen (secondary N) is 2. The van der Waals surface area contributed by atoms with Gasteiger partial charge in [-0.15, -0.1) is 0 Å². The summed E-state index contributed by atoms with van der Waals surface area (Å²) in [6.45, 7) is 3.03. The minimum Gasteiger partial charge on any atom is -0.307 e. The summed E-state index contributed by atoms with van der Waals surface area (Å²) < 4.78 is 0. The lowest BCUT2D eigenvalue weighted by atomic mass is 10.1. The number of H-pyrrole nitrogens is 1. The summed E-state index contributed by atoms with van der Waals surface area (Å²) in [5, 5.41) is 10.1. The maximum Gasteiger partial charge on any atom is 0.138 e. The molecule has 0 aromatic carbocycles. The Morgan fingerprint density at radius 2 is 2.54 bits per heavy atom. The van der Waals surface area contributed by atoms with E-state index in [0.717, 1.165) is 18.3 Å². The van der Waals surface area contributed by atoms with Gasteiger partial charge in [0.05, 0.1) is 6.54 Å². The van der Waals surface area contributed by atoms with Gasteiger partial charge in [0.15, 0.2) is 0 Å². The summed E-state index contributed by atoms with van der Waals surface area (Å²) in [4.78, 5) is 4.05. The van der Waals surface area contributed by atoms with Crippen LogP contribution in [0.15, 0.2) is 6.33 Å². The van der Waals surface area contributed by atoms with Crippen molar-refractivity contribution in [3.63, 3.8) is 0 Å². The summed E-state index contributed by atoms with van der Waals surface area (Å²) in [6.07, 6.45) is 5.69. The highest BCUT2D eigenvalue weighted by Crippen LogP contribution is 2.33. The molecule has 4 nitrogen and oxygen atoms in total. The Morgan fingerprint density at radius 1 is 1.69 bits per heavy atom. The van der Waals surface area contributed by atoms with Gasteiger partial charge >= 0.3 is 0 Å². The van der Waals surface area contributed by atoms with Gasteiger partial charge in [-0.05, 0) is 19.3 Å². The van der Waals surface area contributed by atoms with Crippen molar-refractivity contribution in [1.82, 2.24) is 20.5 Å². The zero-order valence-electron chi connectivity index (χ0n) is 7.95. The fourth-order valence-corrected chi connectivity index (χ4v) is 1.52. The van der Waals surface area contributed by atoms with Crippen molar-refractivity contribution in [3.05, 3.63) is 12.2 Å². The van der Waals surface area contributed by atoms with Crippen molar-refractivity contribution in [3.8, 4) is 0 Å². The summed E-state index contributed by atoms with van der Waals surface area (Å²) in [6, 6.07) is 0.595. The molecule has 1 aliphatic rings. The van der Waals surface area contributed by atoms with E-state index in [1.807, 2.05) is 0 Å². The third kappa shape index (κ3) is 2.81. The molecule has 1 atom stereocenters. The second-order valence-corrected chi connectivity index (χ2v) is 3.89. The highest BCUT2D eigenvalue weighted by atomic mass is 15.2. The van der Waals surface area contributed by atoms with Crippen LogP contribution in [0.4, 0.5) is 0 Å². The van der Waals surface area contributed by atoms with E-state index in [1.54, 1.807) is 6.33 Å². The lowest BCUT2D eigenvalue weighted by Gasteiger charge is -2.11. The van der Waals surface area contributed by atoms with Gasteiger partial charge < -0.3 is 5.32 Å². The maximum absolute atomic E-state index is 4.05. The first-order valence-corrected chi connectivity index (χ1v) is 4.92. The first-order chi connectivity index (χ1) is 6.34. The first-order valence-electron chi connectivity index (χ1n) is 4.92. The van der Waals surface area contributed by atoms with Gasteiger partial charge in [-0.1, -0.05) is 12.8 Å². The third-order valence-electron chi connectivity index (χ3n) is 2.47. The molecule has 0 bridgehead atoms. The number of aromatic amines is 1. The molecule has 0 saturated heterocycles. The molecule has 1 fully saturated rings. The highest BCUT2D eigenvalue weighted by molar-refractivity contribution is 4.82. The van der Waals surface area contributed by atoms with Gasteiger partial charge in [0.1, 0.15) is 12.2 Å². The Balaban J connectivity index is 1.66. The molecule has 0 aliphatic heterocycles. The Bertz CT molecular complexity index is 240. The van der Waals surface area contributed by atoms with Crippen LogP contribution in [0.5, 0.6) is 0 Å². The minimum atomic E-state index is 0.595. The van der Waals surface area contributed by atoms with Gasteiger partial charge in [-0.25, -0.2) is 4.98 Å². The Labute approximate surface area is 78.1 Å². The van der Waals surface area contributed by atoms with Crippen LogP contribution in [0.1, 0.15) is 32.0 Å². The fourth-order valence-electron chi connectivity index (χ4n) is 1.52. The summed E-state index contributed by atoms with van der Waals surface area (Å²) in [5.74, 6) is 1.90. The molecule has 1 aromatic heterocycles. The van der Waals surface area contributed by atoms with Crippen LogP contribution >= 0.6 is 0 Å². The van der Waals surface area contributed by atoms with Gasteiger partial charge in [-0.2, -0.15) is 5.10 Å². The zero-order chi connectivity index (χ0) is 9.10. The van der Waals surface area contributed by atoms with Crippen LogP contribution in [0.2, 0.25) is 0 Å². The topological polar surface area (TPSA) is 53.6 Å². The molecule has 1 unspecified atom stereocenters. The molecule has 13 heavy (non-hydrogen) atoms. The van der Waals surface area contributed by atoms with Crippen molar-refractivity contribution in [2.75, 3.05) is 0 Å². The molecule has 1 aromatic rings. The van der Waals surface area contributed by atoms with E-state index in [-0.39, 0.29) is 0 Å². The fraction of sp³-hybridized carbons (Fsp3) is 0.778. The van der Waals surface area contributed by atoms with Crippen molar-refractivity contribution in [2.24, 2.45) is 5.92 Å². The largest absolute Gasteiger partial charge is 0.307 e. The smallest absolute Gasteiger partial charge is 0.138 e. The molecule has 4 heteroatoms. The second kappa shape index (κ2) is 3.87. The van der Waals surface area contributed by atoms with E-state index in [0.29, 0.717) is 6.04 Å². The average molecular weight is 180 g/mol. The van der Waals surface area contributed by atoms with Crippen molar-refractivity contribution in [2.45, 2.75) is 38.8 Å². The molecule has 72 valence electrons. The van der Waals surface area contributed by atoms with Crippen molar-refractivity contribution >= 4 is 0 Å². The van der Waals surface area contributed by atoms with Gasteiger partial charge in [0, 0.05) is 6.04 Å². The van der Waals surface area contributed by atoms with Crippen LogP contribution in [0.3, 0.4) is 0 Å². The number of nitrogens with zero attached hydrogens (tertiary/aromatic N) is 2. The van der Waals surface area contributed by atoms with Gasteiger partial charge in [0.25, 0.3) is 0 Å². The first kappa shape index (κ1) is 8.69. The molecule has 0 amide bonds. The normalized spacial score (nSPS) is 18.8. The number of aromatic nitrogens is 3. The van der Waals surface area contributed by atoms with Crippen molar-refractivity contribution in [1.29, 1.82) is 0 Å². The lowest BCUT2D eigenvalue weighted by molar-refractivity contribution is 0.480. The zero-order valence-corrected chi connectivity index (χ0v) is 7.95. The van der Waals surface area contributed by atoms with Crippen molar-refractivity contribution < 1.29 is 0 Å². The van der Waals surface area contributed by atoms with E-state index < -0.39 is 0 Å². The summed E-state index contributed by atoms with van der Waals surface area (Å²) >= 11 is 0. The van der Waals surface area contributed by atoms with Crippen LogP contribution in [0, 0.1) is 5.92 Å². The van der Waals surface area contributed by atoms with E-state index >= 15 is 0 Å². The predicted molar refractivity (Wildman–Crippen MR) is 50.0 cm³/mol. The number of hydrogen-bond acceptors (Lipinski definition) is 3. The molecule has 2 rings (SSSR count). The third-order valence-corrected chi connectivity index (χ3v) is 2.47. The highest BCUT2D eigenvalue weighted by Gasteiger charge is 2.23. The molecule has 0 spiro atoms. The lowest BCUT2D eigenvalue weighted by Crippen LogP contribution is -2.26. The second-order valence-electron chi connectivity index (χ2n) is 3.89. The van der Waals surface area contributed by atoms with Gasteiger partial charge in [-0.3, -0.25) is 5.10 Å². The van der Waals surface area contributed by atoms with Crippen LogP contribution in [0.25, 0.3) is 0 Å². The minimum absolute atomic E-state index is 0.595. The van der Waals surface area contributed by atoms with Gasteiger partial charge in [0.2, 0.25) is 0 Å². The average Bonchev–Trinajstić information content (AvgIpc) is 2.78. The van der Waals surface area contributed by atoms with Crippen LogP contribution in [-0.4, -0.2) is 21.2 Å². The van der Waals surface area contributed by atoms with E-state index in [4.69, 9.17) is 0 Å². The molecular weight excluding hydrogens is 164 g/mol. The standard InChI is InChI=1S/C9H16N4/c1-7(4-8-2-3-8)10-5-9-11-6-12-13-9/h6-8,10H,2-5H2,1H3,(H,11,12,13). The maximum atomic E-state index is 4.05. The SMILES string of the molecule is CC(CC1CC1)NCc1ncn[nH]1. The van der Waals surface area contributed by atoms with Crippen LogP contribution < -0.4 is 5.32 Å². The quantitative estimate of drug-likeness (QED) is 0.713. The van der Waals surface area contributed by atoms with Crippen LogP contribution in [-0.2, 0) is 6.54 Å². The molecule has 1 saturated carbocycles.